The van der Waals surface area contributed by atoms with Gasteiger partial charge >= 0.3 is 0 Å². The van der Waals surface area contributed by atoms with Gasteiger partial charge in [0.1, 0.15) is 24.4 Å². The highest BCUT2D eigenvalue weighted by molar-refractivity contribution is 5.97. The van der Waals surface area contributed by atoms with Gasteiger partial charge in [-0.3, -0.25) is 4.79 Å². The van der Waals surface area contributed by atoms with Gasteiger partial charge in [-0.15, -0.1) is 0 Å². The van der Waals surface area contributed by atoms with Crippen molar-refractivity contribution in [2.75, 3.05) is 6.61 Å². The Balaban J connectivity index is 1.86. The van der Waals surface area contributed by atoms with Crippen LogP contribution in [0.25, 0.3) is 0 Å². The molecule has 0 aromatic rings. The summed E-state index contributed by atoms with van der Waals surface area (Å²) < 4.78 is 11.5. The Hall–Kier alpha value is -0.830. The summed E-state index contributed by atoms with van der Waals surface area (Å²) in [5.74, 6) is -0.0668. The number of ketones is 1. The maximum Gasteiger partial charge on any atom is 0.187 e. The second-order valence-electron chi connectivity index (χ2n) is 7.35. The van der Waals surface area contributed by atoms with Gasteiger partial charge in [0.2, 0.25) is 0 Å². The normalized spacial score (nSPS) is 48.7. The standard InChI is InChI=1S/C16H24O7/c1-7-4-9(18)8-5-16(7,15(8,2)3)23-14-13(21)12(20)11(19)10(6-17)22-14/h4,8,10-14,17,19-21H,5-6H2,1-3H3. The van der Waals surface area contributed by atoms with E-state index in [9.17, 15) is 25.2 Å². The zero-order chi connectivity index (χ0) is 17.2. The van der Waals surface area contributed by atoms with Gasteiger partial charge in [-0.25, -0.2) is 0 Å². The van der Waals surface area contributed by atoms with Crippen LogP contribution >= 0.6 is 0 Å². The summed E-state index contributed by atoms with van der Waals surface area (Å²) in [6.07, 6.45) is -4.48. The van der Waals surface area contributed by atoms with Crippen LogP contribution in [-0.2, 0) is 14.3 Å². The van der Waals surface area contributed by atoms with Crippen molar-refractivity contribution in [3.05, 3.63) is 11.6 Å². The first kappa shape index (κ1) is 17.0. The highest BCUT2D eigenvalue weighted by Crippen LogP contribution is 2.63. The molecule has 2 fully saturated rings. The van der Waals surface area contributed by atoms with Crippen molar-refractivity contribution in [1.82, 2.24) is 0 Å². The largest absolute Gasteiger partial charge is 0.394 e. The molecule has 1 aliphatic heterocycles. The molecule has 0 aromatic carbocycles. The average molecular weight is 328 g/mol. The molecule has 0 radical (unpaired) electrons. The number of fused-ring (bicyclic) bond motifs is 1. The molecule has 1 saturated heterocycles. The molecule has 7 unspecified atom stereocenters. The first-order valence-electron chi connectivity index (χ1n) is 7.86. The van der Waals surface area contributed by atoms with Gasteiger partial charge in [-0.1, -0.05) is 13.8 Å². The van der Waals surface area contributed by atoms with Gasteiger partial charge in [0.05, 0.1) is 12.2 Å². The molecule has 4 N–H and O–H groups in total. The highest BCUT2D eigenvalue weighted by atomic mass is 16.7. The van der Waals surface area contributed by atoms with E-state index < -0.39 is 48.3 Å². The number of rotatable bonds is 3. The molecule has 2 bridgehead atoms. The molecular formula is C16H24O7. The summed E-state index contributed by atoms with van der Waals surface area (Å²) in [4.78, 5) is 12.0. The van der Waals surface area contributed by atoms with Gasteiger partial charge in [0.15, 0.2) is 12.1 Å². The Kier molecular flexibility index (Phi) is 3.95. The van der Waals surface area contributed by atoms with E-state index in [-0.39, 0.29) is 11.7 Å². The molecule has 1 saturated carbocycles. The van der Waals surface area contributed by atoms with Crippen molar-refractivity contribution >= 4 is 5.78 Å². The van der Waals surface area contributed by atoms with E-state index in [0.717, 1.165) is 5.57 Å². The van der Waals surface area contributed by atoms with Crippen LogP contribution in [0, 0.1) is 11.3 Å². The van der Waals surface area contributed by atoms with Crippen LogP contribution in [0.15, 0.2) is 11.6 Å². The first-order chi connectivity index (χ1) is 10.7. The molecule has 7 nitrogen and oxygen atoms in total. The van der Waals surface area contributed by atoms with Gasteiger partial charge < -0.3 is 29.9 Å². The lowest BCUT2D eigenvalue weighted by Gasteiger charge is -2.64. The third-order valence-corrected chi connectivity index (χ3v) is 5.91. The Morgan fingerprint density at radius 1 is 1.26 bits per heavy atom. The van der Waals surface area contributed by atoms with Crippen LogP contribution in [-0.4, -0.2) is 69.1 Å². The van der Waals surface area contributed by atoms with E-state index in [1.807, 2.05) is 13.8 Å². The minimum absolute atomic E-state index is 0.0757. The fourth-order valence-electron chi connectivity index (χ4n) is 4.17. The van der Waals surface area contributed by atoms with Crippen molar-refractivity contribution < 1.29 is 34.7 Å². The summed E-state index contributed by atoms with van der Waals surface area (Å²) >= 11 is 0. The second kappa shape index (κ2) is 5.34. The summed E-state index contributed by atoms with van der Waals surface area (Å²) in [6.45, 7) is 5.16. The lowest BCUT2D eigenvalue weighted by atomic mass is 9.45. The summed E-state index contributed by atoms with van der Waals surface area (Å²) in [7, 11) is 0. The van der Waals surface area contributed by atoms with Crippen molar-refractivity contribution in [3.63, 3.8) is 0 Å². The number of aliphatic hydroxyl groups excluding tert-OH is 4. The van der Waals surface area contributed by atoms with Gasteiger partial charge in [-0.2, -0.15) is 0 Å². The van der Waals surface area contributed by atoms with Crippen molar-refractivity contribution in [3.8, 4) is 0 Å². The third-order valence-electron chi connectivity index (χ3n) is 5.91. The molecule has 130 valence electrons. The maximum atomic E-state index is 12.0. The predicted octanol–water partition coefficient (Wildman–Crippen LogP) is -0.883. The first-order valence-corrected chi connectivity index (χ1v) is 7.86. The predicted molar refractivity (Wildman–Crippen MR) is 78.2 cm³/mol. The fourth-order valence-corrected chi connectivity index (χ4v) is 4.17. The van der Waals surface area contributed by atoms with Crippen LogP contribution in [0.1, 0.15) is 27.2 Å². The molecule has 7 heteroatoms. The molecule has 0 aromatic heterocycles. The van der Waals surface area contributed by atoms with Crippen LogP contribution in [0.3, 0.4) is 0 Å². The Morgan fingerprint density at radius 3 is 2.43 bits per heavy atom. The zero-order valence-corrected chi connectivity index (χ0v) is 13.5. The number of hydrogen-bond donors (Lipinski definition) is 4. The minimum atomic E-state index is -1.48. The van der Waals surface area contributed by atoms with Crippen molar-refractivity contribution in [1.29, 1.82) is 0 Å². The summed E-state index contributed by atoms with van der Waals surface area (Å²) in [5.41, 5.74) is -0.465. The van der Waals surface area contributed by atoms with Crippen LogP contribution in [0.2, 0.25) is 0 Å². The minimum Gasteiger partial charge on any atom is -0.394 e. The second-order valence-corrected chi connectivity index (χ2v) is 7.35. The summed E-state index contributed by atoms with van der Waals surface area (Å²) in [5, 5.41) is 39.2. The smallest absolute Gasteiger partial charge is 0.187 e. The topological polar surface area (TPSA) is 116 Å². The Bertz CT molecular complexity index is 541. The van der Waals surface area contributed by atoms with Crippen molar-refractivity contribution in [2.45, 2.75) is 63.5 Å². The van der Waals surface area contributed by atoms with E-state index in [1.165, 1.54) is 0 Å². The number of carbonyl (C=O) groups is 1. The van der Waals surface area contributed by atoms with E-state index in [4.69, 9.17) is 9.47 Å². The van der Waals surface area contributed by atoms with Crippen molar-refractivity contribution in [2.24, 2.45) is 11.3 Å². The molecule has 23 heavy (non-hydrogen) atoms. The third kappa shape index (κ3) is 2.15. The molecule has 4 rings (SSSR count). The molecule has 3 aliphatic carbocycles. The molecule has 1 heterocycles. The highest BCUT2D eigenvalue weighted by Gasteiger charge is 2.67. The van der Waals surface area contributed by atoms with Gasteiger partial charge in [-0.05, 0) is 25.0 Å². The Morgan fingerprint density at radius 2 is 1.91 bits per heavy atom. The monoisotopic (exact) mass is 328 g/mol. The number of aliphatic hydroxyl groups is 4. The molecule has 0 amide bonds. The number of allylic oxidation sites excluding steroid dienone is 1. The van der Waals surface area contributed by atoms with E-state index in [2.05, 4.69) is 0 Å². The zero-order valence-electron chi connectivity index (χ0n) is 13.5. The number of ether oxygens (including phenoxy) is 2. The molecular weight excluding hydrogens is 304 g/mol. The lowest BCUT2D eigenvalue weighted by molar-refractivity contribution is -0.353. The molecule has 4 aliphatic rings. The van der Waals surface area contributed by atoms with E-state index in [1.54, 1.807) is 13.0 Å². The van der Waals surface area contributed by atoms with Gasteiger partial charge in [0.25, 0.3) is 0 Å². The molecule has 0 spiro atoms. The van der Waals surface area contributed by atoms with Crippen LogP contribution in [0.5, 0.6) is 0 Å². The maximum absolute atomic E-state index is 12.0. The average Bonchev–Trinajstić information content (AvgIpc) is 2.49. The summed E-state index contributed by atoms with van der Waals surface area (Å²) in [6, 6.07) is 0. The lowest BCUT2D eigenvalue weighted by Crippen LogP contribution is -2.70. The van der Waals surface area contributed by atoms with E-state index in [0.29, 0.717) is 6.42 Å². The van der Waals surface area contributed by atoms with E-state index >= 15 is 0 Å². The number of hydrogen-bond acceptors (Lipinski definition) is 7. The van der Waals surface area contributed by atoms with Crippen LogP contribution < -0.4 is 0 Å². The van der Waals surface area contributed by atoms with Crippen LogP contribution in [0.4, 0.5) is 0 Å². The SMILES string of the molecule is CC1=CC(=O)C2CC1(OC1OC(CO)C(O)C(O)C1O)C2(C)C. The Labute approximate surface area is 134 Å². The van der Waals surface area contributed by atoms with Gasteiger partial charge in [0, 0.05) is 11.3 Å². The quantitative estimate of drug-likeness (QED) is 0.531. The fraction of sp³-hybridized carbons (Fsp3) is 0.812. The number of carbonyl (C=O) groups excluding carboxylic acids is 1. The molecule has 7 atom stereocenters.